The van der Waals surface area contributed by atoms with E-state index in [2.05, 4.69) is 123 Å². The minimum absolute atomic E-state index is 0.780. The van der Waals surface area contributed by atoms with Crippen molar-refractivity contribution in [2.75, 3.05) is 7.05 Å². The molecule has 4 aromatic rings. The van der Waals surface area contributed by atoms with Crippen LogP contribution in [0.3, 0.4) is 0 Å². The maximum atomic E-state index is 4.50. The van der Waals surface area contributed by atoms with Gasteiger partial charge in [-0.15, -0.1) is 0 Å². The number of rotatable bonds is 8. The molecule has 35 heavy (non-hydrogen) atoms. The molecule has 0 aliphatic rings. The van der Waals surface area contributed by atoms with Gasteiger partial charge in [-0.3, -0.25) is 0 Å². The smallest absolute Gasteiger partial charge is 0.0495 e. The third-order valence-corrected chi connectivity index (χ3v) is 6.31. The first-order chi connectivity index (χ1) is 17.1. The van der Waals surface area contributed by atoms with Crippen LogP contribution in [0.4, 0.5) is 0 Å². The molecule has 4 rings (SSSR count). The van der Waals surface area contributed by atoms with Crippen molar-refractivity contribution in [1.82, 2.24) is 4.57 Å². The molecule has 3 aromatic carbocycles. The predicted molar refractivity (Wildman–Crippen MR) is 156 cm³/mol. The van der Waals surface area contributed by atoms with Gasteiger partial charge in [-0.05, 0) is 78.1 Å². The molecule has 2 N–H and O–H groups in total. The Balaban J connectivity index is 0.00000167. The summed E-state index contributed by atoms with van der Waals surface area (Å²) in [6.07, 6.45) is 7.06. The number of hydrogen-bond donors (Lipinski definition) is 1. The van der Waals surface area contributed by atoms with Gasteiger partial charge in [0.25, 0.3) is 0 Å². The van der Waals surface area contributed by atoms with E-state index < -0.39 is 0 Å². The summed E-state index contributed by atoms with van der Waals surface area (Å²) >= 11 is 0. The van der Waals surface area contributed by atoms with Gasteiger partial charge in [0.1, 0.15) is 0 Å². The topological polar surface area (TPSA) is 30.9 Å². The fourth-order valence-corrected chi connectivity index (χ4v) is 4.40. The molecule has 2 heteroatoms. The molecule has 0 bridgehead atoms. The average Bonchev–Trinajstić information content (AvgIpc) is 3.21. The molecule has 0 spiro atoms. The highest BCUT2D eigenvalue weighted by atomic mass is 15.0. The maximum Gasteiger partial charge on any atom is 0.0495 e. The van der Waals surface area contributed by atoms with Crippen molar-refractivity contribution >= 4 is 34.7 Å². The van der Waals surface area contributed by atoms with Crippen molar-refractivity contribution in [3.63, 3.8) is 0 Å². The lowest BCUT2D eigenvalue weighted by Gasteiger charge is -2.14. The summed E-state index contributed by atoms with van der Waals surface area (Å²) in [6, 6.07) is 25.7. The maximum absolute atomic E-state index is 4.50. The van der Waals surface area contributed by atoms with E-state index in [0.717, 1.165) is 29.8 Å². The number of fused-ring (bicyclic) bond motifs is 1. The molecule has 0 saturated heterocycles. The Bertz CT molecular complexity index is 1370. The number of nitrogens with two attached hydrogens (primary N) is 1. The highest BCUT2D eigenvalue weighted by Gasteiger charge is 2.20. The first-order valence-corrected chi connectivity index (χ1v) is 12.1. The van der Waals surface area contributed by atoms with Crippen LogP contribution < -0.4 is 5.73 Å². The summed E-state index contributed by atoms with van der Waals surface area (Å²) in [7, 11) is 1.50. The Morgan fingerprint density at radius 2 is 1.60 bits per heavy atom. The molecule has 178 valence electrons. The normalized spacial score (nSPS) is 11.0. The van der Waals surface area contributed by atoms with E-state index in [9.17, 15) is 0 Å². The molecule has 0 saturated carbocycles. The lowest BCUT2D eigenvalue weighted by atomic mass is 9.91. The Morgan fingerprint density at radius 3 is 2.23 bits per heavy atom. The Kier molecular flexibility index (Phi) is 8.83. The van der Waals surface area contributed by atoms with Crippen molar-refractivity contribution in [3.05, 3.63) is 132 Å². The van der Waals surface area contributed by atoms with Crippen LogP contribution in [-0.2, 0) is 6.54 Å². The summed E-state index contributed by atoms with van der Waals surface area (Å²) in [5.41, 5.74) is 15.1. The zero-order valence-electron chi connectivity index (χ0n) is 21.2. The van der Waals surface area contributed by atoms with Gasteiger partial charge < -0.3 is 10.3 Å². The zero-order valence-corrected chi connectivity index (χ0v) is 21.2. The molecule has 1 aromatic heterocycles. The van der Waals surface area contributed by atoms with Crippen LogP contribution in [0.5, 0.6) is 0 Å². The highest BCUT2D eigenvalue weighted by molar-refractivity contribution is 6.05. The second-order valence-electron chi connectivity index (χ2n) is 8.39. The van der Waals surface area contributed by atoms with E-state index in [1.807, 2.05) is 12.2 Å². The van der Waals surface area contributed by atoms with E-state index in [1.54, 1.807) is 0 Å². The molecule has 0 unspecified atom stereocenters. The van der Waals surface area contributed by atoms with Crippen molar-refractivity contribution in [2.24, 2.45) is 5.73 Å². The largest absolute Gasteiger partial charge is 0.336 e. The van der Waals surface area contributed by atoms with Crippen molar-refractivity contribution in [3.8, 4) is 0 Å². The number of benzene rings is 3. The van der Waals surface area contributed by atoms with Crippen LogP contribution in [0.25, 0.3) is 34.7 Å². The number of aryl methyl sites for hydroxylation is 1. The fourth-order valence-electron chi connectivity index (χ4n) is 4.40. The molecule has 0 atom stereocenters. The summed E-state index contributed by atoms with van der Waals surface area (Å²) in [5.74, 6) is 0. The van der Waals surface area contributed by atoms with Crippen LogP contribution in [-0.4, -0.2) is 11.6 Å². The lowest BCUT2D eigenvalue weighted by Crippen LogP contribution is -2.02. The van der Waals surface area contributed by atoms with Gasteiger partial charge in [-0.1, -0.05) is 93.4 Å². The number of hydrogen-bond acceptors (Lipinski definition) is 1. The summed E-state index contributed by atoms with van der Waals surface area (Å²) < 4.78 is 2.37. The number of nitrogens with zero attached hydrogens (tertiary/aromatic N) is 1. The van der Waals surface area contributed by atoms with Gasteiger partial charge in [-0.2, -0.15) is 0 Å². The van der Waals surface area contributed by atoms with E-state index in [1.165, 1.54) is 45.8 Å². The minimum Gasteiger partial charge on any atom is -0.336 e. The molecular formula is C33H36N2. The summed E-state index contributed by atoms with van der Waals surface area (Å²) in [6.45, 7) is 17.8. The van der Waals surface area contributed by atoms with Gasteiger partial charge in [0.15, 0.2) is 0 Å². The lowest BCUT2D eigenvalue weighted by molar-refractivity contribution is 0.826. The van der Waals surface area contributed by atoms with Gasteiger partial charge >= 0.3 is 0 Å². The van der Waals surface area contributed by atoms with Gasteiger partial charge in [0, 0.05) is 28.7 Å². The highest BCUT2D eigenvalue weighted by Crippen LogP contribution is 2.39. The average molecular weight is 461 g/mol. The standard InChI is InChI=1S/C32H31N.CH5N/c1-6-23(4)28(21-27-17-13-12-14-24(27)5)32-29-20-25(7-2)18-19-31(29)33(30(32)8-3)22-26-15-10-9-11-16-26;1-2/h7-21H,2-4,6,22H2,1,5H3;2H2,1H3/b28-21+;. The summed E-state index contributed by atoms with van der Waals surface area (Å²) in [4.78, 5) is 0. The third-order valence-electron chi connectivity index (χ3n) is 6.31. The monoisotopic (exact) mass is 460 g/mol. The number of aromatic nitrogens is 1. The number of allylic oxidation sites excluding steroid dienone is 2. The second kappa shape index (κ2) is 12.0. The Hall–Kier alpha value is -3.88. The summed E-state index contributed by atoms with van der Waals surface area (Å²) in [5, 5.41) is 1.20. The van der Waals surface area contributed by atoms with Crippen molar-refractivity contribution in [2.45, 2.75) is 26.8 Å². The quantitative estimate of drug-likeness (QED) is 0.263. The van der Waals surface area contributed by atoms with Crippen molar-refractivity contribution in [1.29, 1.82) is 0 Å². The van der Waals surface area contributed by atoms with Crippen LogP contribution in [0.1, 0.15) is 46.9 Å². The van der Waals surface area contributed by atoms with Crippen molar-refractivity contribution < 1.29 is 0 Å². The van der Waals surface area contributed by atoms with E-state index in [-0.39, 0.29) is 0 Å². The van der Waals surface area contributed by atoms with Crippen LogP contribution in [0, 0.1) is 6.92 Å². The van der Waals surface area contributed by atoms with E-state index in [4.69, 9.17) is 0 Å². The Morgan fingerprint density at radius 1 is 0.914 bits per heavy atom. The molecule has 0 amide bonds. The Labute approximate surface area is 210 Å². The zero-order chi connectivity index (χ0) is 25.4. The van der Waals surface area contributed by atoms with Crippen LogP contribution in [0.15, 0.2) is 98.1 Å². The molecule has 0 aliphatic heterocycles. The van der Waals surface area contributed by atoms with Gasteiger partial charge in [0.05, 0.1) is 0 Å². The first kappa shape index (κ1) is 25.7. The fraction of sp³-hybridized carbons (Fsp3) is 0.152. The first-order valence-electron chi connectivity index (χ1n) is 12.1. The van der Waals surface area contributed by atoms with Gasteiger partial charge in [-0.25, -0.2) is 0 Å². The third kappa shape index (κ3) is 5.45. The molecule has 1 heterocycles. The molecule has 0 fully saturated rings. The molecular weight excluding hydrogens is 424 g/mol. The predicted octanol–water partition coefficient (Wildman–Crippen LogP) is 8.37. The second-order valence-corrected chi connectivity index (χ2v) is 8.39. The van der Waals surface area contributed by atoms with Gasteiger partial charge in [0.2, 0.25) is 0 Å². The molecule has 0 aliphatic carbocycles. The SMILES string of the molecule is C=Cc1ccc2c(c1)c(/C(=C/c1ccccc1C)C(=C)CC)c(C=C)n2Cc1ccccc1.CN. The van der Waals surface area contributed by atoms with E-state index >= 15 is 0 Å². The molecule has 2 nitrogen and oxygen atoms in total. The van der Waals surface area contributed by atoms with Crippen LogP contribution in [0.2, 0.25) is 0 Å². The van der Waals surface area contributed by atoms with E-state index in [0.29, 0.717) is 0 Å². The van der Waals surface area contributed by atoms with Crippen LogP contribution >= 0.6 is 0 Å². The molecule has 0 radical (unpaired) electrons. The minimum atomic E-state index is 0.780.